The van der Waals surface area contributed by atoms with Gasteiger partial charge < -0.3 is 4.74 Å². The minimum atomic E-state index is -3.51. The van der Waals surface area contributed by atoms with Crippen LogP contribution in [0.5, 0.6) is 5.75 Å². The fourth-order valence-electron chi connectivity index (χ4n) is 3.92. The van der Waals surface area contributed by atoms with Crippen molar-refractivity contribution in [2.24, 2.45) is 0 Å². The van der Waals surface area contributed by atoms with E-state index in [2.05, 4.69) is 18.7 Å². The molecule has 1 aliphatic rings. The van der Waals surface area contributed by atoms with E-state index in [1.165, 1.54) is 12.1 Å². The molecule has 0 aliphatic carbocycles. The Balaban J connectivity index is 1.67. The maximum atomic E-state index is 13.5. The van der Waals surface area contributed by atoms with Crippen molar-refractivity contribution in [2.45, 2.75) is 55.2 Å². The number of hydrogen-bond donors (Lipinski definition) is 0. The summed E-state index contributed by atoms with van der Waals surface area (Å²) in [6.45, 7) is 8.76. The number of piperidine rings is 1. The third-order valence-corrected chi connectivity index (χ3v) is 8.66. The lowest BCUT2D eigenvalue weighted by Gasteiger charge is -2.40. The standard InChI is InChI=1S/C24H31FNO3S/c1-3-5-18-29-22-10-12-23(13-11-22)30(27,28)24(4-2)14-16-26(17-15-24)19-20-6-8-21(25)9-7-20/h6-13H,2-5,14-19H2,1H3. The summed E-state index contributed by atoms with van der Waals surface area (Å²) >= 11 is 0. The predicted octanol–water partition coefficient (Wildman–Crippen LogP) is 5.04. The number of halogens is 1. The molecule has 0 N–H and O–H groups in total. The van der Waals surface area contributed by atoms with E-state index in [4.69, 9.17) is 4.74 Å². The summed E-state index contributed by atoms with van der Waals surface area (Å²) in [5.41, 5.74) is 1.03. The molecule has 0 unspecified atom stereocenters. The molecular formula is C24H31FNO3S. The first kappa shape index (κ1) is 22.8. The molecule has 2 aromatic rings. The highest BCUT2D eigenvalue weighted by Gasteiger charge is 2.45. The van der Waals surface area contributed by atoms with Crippen molar-refractivity contribution in [1.29, 1.82) is 0 Å². The van der Waals surface area contributed by atoms with E-state index in [1.54, 1.807) is 36.4 Å². The van der Waals surface area contributed by atoms with E-state index >= 15 is 0 Å². The lowest BCUT2D eigenvalue weighted by molar-refractivity contribution is 0.188. The molecule has 0 amide bonds. The second-order valence-corrected chi connectivity index (χ2v) is 10.4. The molecule has 0 aromatic heterocycles. The lowest BCUT2D eigenvalue weighted by Crippen LogP contribution is -2.48. The van der Waals surface area contributed by atoms with Gasteiger partial charge in [0.2, 0.25) is 0 Å². The van der Waals surface area contributed by atoms with E-state index in [0.717, 1.165) is 18.4 Å². The molecule has 1 radical (unpaired) electrons. The molecule has 2 aromatic carbocycles. The van der Waals surface area contributed by atoms with Crippen LogP contribution in [0.1, 0.15) is 44.6 Å². The van der Waals surface area contributed by atoms with Gasteiger partial charge in [0.05, 0.1) is 16.2 Å². The Bertz CT molecular complexity index is 902. The van der Waals surface area contributed by atoms with Gasteiger partial charge in [0.15, 0.2) is 9.84 Å². The Morgan fingerprint density at radius 1 is 1.07 bits per heavy atom. The first-order chi connectivity index (χ1) is 14.4. The summed E-state index contributed by atoms with van der Waals surface area (Å²) in [5.74, 6) is 0.446. The van der Waals surface area contributed by atoms with Gasteiger partial charge in [0, 0.05) is 19.6 Å². The van der Waals surface area contributed by atoms with Crippen LogP contribution in [-0.2, 0) is 16.4 Å². The van der Waals surface area contributed by atoms with Crippen LogP contribution in [0, 0.1) is 12.7 Å². The number of hydrogen-bond acceptors (Lipinski definition) is 4. The summed E-state index contributed by atoms with van der Waals surface area (Å²) in [7, 11) is -3.51. The number of benzene rings is 2. The zero-order valence-electron chi connectivity index (χ0n) is 17.6. The topological polar surface area (TPSA) is 46.6 Å². The van der Waals surface area contributed by atoms with Crippen molar-refractivity contribution in [3.05, 3.63) is 66.8 Å². The zero-order chi connectivity index (χ0) is 21.6. The summed E-state index contributed by atoms with van der Waals surface area (Å²) < 4.78 is 44.9. The molecule has 0 atom stereocenters. The first-order valence-electron chi connectivity index (χ1n) is 10.6. The monoisotopic (exact) mass is 432 g/mol. The Labute approximate surface area is 180 Å². The summed E-state index contributed by atoms with van der Waals surface area (Å²) in [4.78, 5) is 2.56. The molecule has 6 heteroatoms. The maximum absolute atomic E-state index is 13.5. The van der Waals surface area contributed by atoms with E-state index in [1.807, 2.05) is 0 Å². The predicted molar refractivity (Wildman–Crippen MR) is 118 cm³/mol. The molecular weight excluding hydrogens is 401 g/mol. The zero-order valence-corrected chi connectivity index (χ0v) is 18.5. The molecule has 1 fully saturated rings. The molecule has 4 nitrogen and oxygen atoms in total. The van der Waals surface area contributed by atoms with Crippen LogP contribution in [0.25, 0.3) is 0 Å². The van der Waals surface area contributed by atoms with Gasteiger partial charge in [0.1, 0.15) is 11.6 Å². The highest BCUT2D eigenvalue weighted by atomic mass is 32.2. The van der Waals surface area contributed by atoms with Gasteiger partial charge in [-0.1, -0.05) is 32.4 Å². The molecule has 1 aliphatic heterocycles. The summed E-state index contributed by atoms with van der Waals surface area (Å²) in [6.07, 6.45) is 3.44. The van der Waals surface area contributed by atoms with Crippen LogP contribution in [0.4, 0.5) is 4.39 Å². The second-order valence-electron chi connectivity index (χ2n) is 8.01. The Morgan fingerprint density at radius 2 is 1.70 bits per heavy atom. The Morgan fingerprint density at radius 3 is 2.27 bits per heavy atom. The number of sulfone groups is 1. The number of nitrogens with zero attached hydrogens (tertiary/aromatic N) is 1. The minimum Gasteiger partial charge on any atom is -0.494 e. The summed E-state index contributed by atoms with van der Waals surface area (Å²) in [5, 5.41) is 0. The van der Waals surface area contributed by atoms with Crippen LogP contribution < -0.4 is 4.74 Å². The highest BCUT2D eigenvalue weighted by molar-refractivity contribution is 7.92. The highest BCUT2D eigenvalue weighted by Crippen LogP contribution is 2.38. The van der Waals surface area contributed by atoms with Gasteiger partial charge in [-0.15, -0.1) is 0 Å². The molecule has 3 rings (SSSR count). The van der Waals surface area contributed by atoms with Crippen molar-refractivity contribution in [1.82, 2.24) is 4.90 Å². The van der Waals surface area contributed by atoms with Crippen LogP contribution in [0.2, 0.25) is 0 Å². The van der Waals surface area contributed by atoms with Crippen LogP contribution in [-0.4, -0.2) is 37.8 Å². The summed E-state index contributed by atoms with van der Waals surface area (Å²) in [6, 6.07) is 13.3. The minimum absolute atomic E-state index is 0.249. The van der Waals surface area contributed by atoms with Gasteiger partial charge in [-0.2, -0.15) is 0 Å². The van der Waals surface area contributed by atoms with Crippen molar-refractivity contribution in [3.63, 3.8) is 0 Å². The number of rotatable bonds is 9. The fraction of sp³-hybridized carbons (Fsp3) is 0.458. The molecule has 30 heavy (non-hydrogen) atoms. The van der Waals surface area contributed by atoms with Crippen LogP contribution in [0.3, 0.4) is 0 Å². The number of likely N-dealkylation sites (tertiary alicyclic amines) is 1. The third-order valence-electron chi connectivity index (χ3n) is 6.01. The second kappa shape index (κ2) is 9.92. The normalized spacial score (nSPS) is 17.0. The van der Waals surface area contributed by atoms with Gasteiger partial charge in [-0.05, 0) is 67.6 Å². The molecule has 1 heterocycles. The smallest absolute Gasteiger partial charge is 0.184 e. The Kier molecular flexibility index (Phi) is 7.53. The van der Waals surface area contributed by atoms with Gasteiger partial charge in [-0.25, -0.2) is 12.8 Å². The maximum Gasteiger partial charge on any atom is 0.184 e. The molecule has 0 spiro atoms. The van der Waals surface area contributed by atoms with E-state index in [0.29, 0.717) is 56.1 Å². The first-order valence-corrected chi connectivity index (χ1v) is 12.1. The SMILES string of the molecule is [CH2]CC1(S(=O)(=O)c2ccc(OCCCC)cc2)CCN(Cc2ccc(F)cc2)CC1. The molecule has 163 valence electrons. The third kappa shape index (κ3) is 5.03. The van der Waals surface area contributed by atoms with Gasteiger partial charge in [-0.3, -0.25) is 4.90 Å². The molecule has 0 bridgehead atoms. The van der Waals surface area contributed by atoms with E-state index < -0.39 is 14.6 Å². The molecule has 0 saturated carbocycles. The molecule has 1 saturated heterocycles. The number of unbranched alkanes of at least 4 members (excludes halogenated alkanes) is 1. The average molecular weight is 433 g/mol. The van der Waals surface area contributed by atoms with Crippen molar-refractivity contribution < 1.29 is 17.5 Å². The average Bonchev–Trinajstić information content (AvgIpc) is 2.76. The fourth-order valence-corrected chi connectivity index (χ4v) is 5.90. The van der Waals surface area contributed by atoms with Crippen LogP contribution in [0.15, 0.2) is 53.4 Å². The van der Waals surface area contributed by atoms with Crippen LogP contribution >= 0.6 is 0 Å². The van der Waals surface area contributed by atoms with Crippen molar-refractivity contribution in [3.8, 4) is 5.75 Å². The van der Waals surface area contributed by atoms with Gasteiger partial charge >= 0.3 is 0 Å². The number of ether oxygens (including phenoxy) is 1. The lowest BCUT2D eigenvalue weighted by atomic mass is 9.93. The van der Waals surface area contributed by atoms with E-state index in [9.17, 15) is 12.8 Å². The van der Waals surface area contributed by atoms with Crippen molar-refractivity contribution >= 4 is 9.84 Å². The van der Waals surface area contributed by atoms with Crippen molar-refractivity contribution in [2.75, 3.05) is 19.7 Å². The van der Waals surface area contributed by atoms with Gasteiger partial charge in [0.25, 0.3) is 0 Å². The van der Waals surface area contributed by atoms with E-state index in [-0.39, 0.29) is 5.82 Å². The quantitative estimate of drug-likeness (QED) is 0.521. The largest absolute Gasteiger partial charge is 0.494 e. The Hall–Kier alpha value is -1.92.